The van der Waals surface area contributed by atoms with Crippen molar-refractivity contribution in [3.63, 3.8) is 0 Å². The quantitative estimate of drug-likeness (QED) is 0.696. The molecule has 2 aromatic carbocycles. The van der Waals surface area contributed by atoms with E-state index in [1.165, 1.54) is 18.1 Å². The van der Waals surface area contributed by atoms with Crippen LogP contribution in [0.25, 0.3) is 0 Å². The van der Waals surface area contributed by atoms with Crippen molar-refractivity contribution in [1.29, 1.82) is 0 Å². The lowest BCUT2D eigenvalue weighted by Crippen LogP contribution is -2.03. The van der Waals surface area contributed by atoms with E-state index in [9.17, 15) is 9.59 Å². The largest absolute Gasteiger partial charge is 0.295 e. The van der Waals surface area contributed by atoms with E-state index in [1.54, 1.807) is 24.3 Å². The summed E-state index contributed by atoms with van der Waals surface area (Å²) in [5, 5.41) is 0. The summed E-state index contributed by atoms with van der Waals surface area (Å²) in [7, 11) is 0. The molecule has 22 heavy (non-hydrogen) atoms. The molecule has 0 saturated heterocycles. The Bertz CT molecular complexity index is 671. The van der Waals surface area contributed by atoms with Crippen LogP contribution in [0.1, 0.15) is 58.5 Å². The zero-order valence-electron chi connectivity index (χ0n) is 13.3. The van der Waals surface area contributed by atoms with E-state index < -0.39 is 0 Å². The molecule has 2 rings (SSSR count). The molecule has 2 heteroatoms. The summed E-state index contributed by atoms with van der Waals surface area (Å²) in [6.07, 6.45) is 3.40. The molecule has 0 radical (unpaired) electrons. The Morgan fingerprint density at radius 2 is 1.50 bits per heavy atom. The van der Waals surface area contributed by atoms with Gasteiger partial charge in [0.05, 0.1) is 0 Å². The van der Waals surface area contributed by atoms with E-state index in [1.807, 2.05) is 0 Å². The Hall–Kier alpha value is -2.22. The van der Waals surface area contributed by atoms with Crippen LogP contribution < -0.4 is 0 Å². The summed E-state index contributed by atoms with van der Waals surface area (Å²) < 4.78 is 0. The number of hydrogen-bond donors (Lipinski definition) is 0. The van der Waals surface area contributed by atoms with Crippen LogP contribution in [0.5, 0.6) is 0 Å². The third-order valence-electron chi connectivity index (χ3n) is 3.76. The summed E-state index contributed by atoms with van der Waals surface area (Å²) in [5.74, 6) is 0.0749. The number of hydrogen-bond acceptors (Lipinski definition) is 2. The van der Waals surface area contributed by atoms with E-state index in [2.05, 4.69) is 31.2 Å². The lowest BCUT2D eigenvalue weighted by Gasteiger charge is -2.05. The highest BCUT2D eigenvalue weighted by Gasteiger charge is 2.08. The van der Waals surface area contributed by atoms with Gasteiger partial charge >= 0.3 is 0 Å². The molecule has 0 aliphatic rings. The van der Waals surface area contributed by atoms with Crippen LogP contribution in [0.15, 0.2) is 48.5 Å². The fourth-order valence-corrected chi connectivity index (χ4v) is 2.54. The minimum absolute atomic E-state index is 0.0121. The Morgan fingerprint density at radius 3 is 2.18 bits per heavy atom. The highest BCUT2D eigenvalue weighted by atomic mass is 16.1. The second-order valence-electron chi connectivity index (χ2n) is 5.63. The third-order valence-corrected chi connectivity index (χ3v) is 3.76. The van der Waals surface area contributed by atoms with Crippen molar-refractivity contribution in [1.82, 2.24) is 0 Å². The SMILES string of the molecule is CCCc1cccc(CCC(=O)c2cccc(C(C)=O)c2)c1. The highest BCUT2D eigenvalue weighted by molar-refractivity contribution is 6.00. The molecule has 0 N–H and O–H groups in total. The average molecular weight is 294 g/mol. The van der Waals surface area contributed by atoms with Crippen molar-refractivity contribution in [2.75, 3.05) is 0 Å². The molecule has 0 spiro atoms. The monoisotopic (exact) mass is 294 g/mol. The minimum atomic E-state index is -0.0121. The average Bonchev–Trinajstić information content (AvgIpc) is 2.53. The molecule has 0 bridgehead atoms. The maximum Gasteiger partial charge on any atom is 0.163 e. The highest BCUT2D eigenvalue weighted by Crippen LogP contribution is 2.13. The van der Waals surface area contributed by atoms with Gasteiger partial charge in [-0.2, -0.15) is 0 Å². The number of carbonyl (C=O) groups is 2. The fraction of sp³-hybridized carbons (Fsp3) is 0.300. The van der Waals surface area contributed by atoms with Crippen molar-refractivity contribution in [2.24, 2.45) is 0 Å². The van der Waals surface area contributed by atoms with Gasteiger partial charge in [-0.05, 0) is 37.0 Å². The molecule has 2 aromatic rings. The van der Waals surface area contributed by atoms with Gasteiger partial charge in [0.15, 0.2) is 11.6 Å². The van der Waals surface area contributed by atoms with Crippen molar-refractivity contribution in [2.45, 2.75) is 39.5 Å². The first-order chi connectivity index (χ1) is 10.6. The van der Waals surface area contributed by atoms with Crippen LogP contribution in [0.4, 0.5) is 0 Å². The number of aryl methyl sites for hydroxylation is 2. The first-order valence-corrected chi connectivity index (χ1v) is 7.82. The van der Waals surface area contributed by atoms with Crippen LogP contribution in [-0.2, 0) is 12.8 Å². The summed E-state index contributed by atoms with van der Waals surface area (Å²) >= 11 is 0. The first kappa shape index (κ1) is 16.2. The van der Waals surface area contributed by atoms with Crippen molar-refractivity contribution in [3.05, 3.63) is 70.8 Å². The van der Waals surface area contributed by atoms with E-state index in [-0.39, 0.29) is 11.6 Å². The van der Waals surface area contributed by atoms with Crippen molar-refractivity contribution < 1.29 is 9.59 Å². The van der Waals surface area contributed by atoms with Crippen LogP contribution in [-0.4, -0.2) is 11.6 Å². The van der Waals surface area contributed by atoms with Gasteiger partial charge in [0.25, 0.3) is 0 Å². The maximum atomic E-state index is 12.3. The number of benzene rings is 2. The Labute approximate surface area is 132 Å². The molecule has 0 atom stereocenters. The molecule has 0 heterocycles. The van der Waals surface area contributed by atoms with Gasteiger partial charge in [-0.1, -0.05) is 55.8 Å². The molecule has 114 valence electrons. The predicted molar refractivity (Wildman–Crippen MR) is 89.5 cm³/mol. The van der Waals surface area contributed by atoms with Crippen molar-refractivity contribution in [3.8, 4) is 0 Å². The number of rotatable bonds is 7. The molecule has 0 unspecified atom stereocenters. The zero-order valence-corrected chi connectivity index (χ0v) is 13.3. The first-order valence-electron chi connectivity index (χ1n) is 7.82. The molecule has 0 aliphatic carbocycles. The van der Waals surface area contributed by atoms with Crippen LogP contribution in [0, 0.1) is 0 Å². The van der Waals surface area contributed by atoms with Gasteiger partial charge < -0.3 is 0 Å². The van der Waals surface area contributed by atoms with Crippen LogP contribution in [0.3, 0.4) is 0 Å². The lowest BCUT2D eigenvalue weighted by atomic mass is 9.99. The minimum Gasteiger partial charge on any atom is -0.295 e. The molecule has 0 aromatic heterocycles. The van der Waals surface area contributed by atoms with Gasteiger partial charge in [-0.15, -0.1) is 0 Å². The third kappa shape index (κ3) is 4.39. The van der Waals surface area contributed by atoms with E-state index in [0.29, 0.717) is 17.5 Å². The topological polar surface area (TPSA) is 34.1 Å². The molecule has 0 amide bonds. The Morgan fingerprint density at radius 1 is 0.864 bits per heavy atom. The lowest BCUT2D eigenvalue weighted by molar-refractivity contribution is 0.0983. The predicted octanol–water partition coefficient (Wildman–Crippen LogP) is 4.66. The molecule has 0 aliphatic heterocycles. The second-order valence-corrected chi connectivity index (χ2v) is 5.63. The molecule has 2 nitrogen and oxygen atoms in total. The zero-order chi connectivity index (χ0) is 15.9. The van der Waals surface area contributed by atoms with E-state index in [0.717, 1.165) is 19.3 Å². The smallest absolute Gasteiger partial charge is 0.163 e. The van der Waals surface area contributed by atoms with Gasteiger partial charge in [-0.3, -0.25) is 9.59 Å². The Kier molecular flexibility index (Phi) is 5.65. The number of ketones is 2. The van der Waals surface area contributed by atoms with Crippen LogP contribution >= 0.6 is 0 Å². The Balaban J connectivity index is 2.02. The van der Waals surface area contributed by atoms with E-state index in [4.69, 9.17) is 0 Å². The summed E-state index contributed by atoms with van der Waals surface area (Å²) in [6.45, 7) is 3.68. The molecule has 0 fully saturated rings. The van der Waals surface area contributed by atoms with Gasteiger partial charge in [0, 0.05) is 17.5 Å². The fourth-order valence-electron chi connectivity index (χ4n) is 2.54. The molecular formula is C20H22O2. The van der Waals surface area contributed by atoms with E-state index >= 15 is 0 Å². The van der Waals surface area contributed by atoms with Crippen molar-refractivity contribution >= 4 is 11.6 Å². The van der Waals surface area contributed by atoms with Crippen LogP contribution in [0.2, 0.25) is 0 Å². The number of Topliss-reactive ketones (excluding diaryl/α,β-unsaturated/α-hetero) is 2. The van der Waals surface area contributed by atoms with Gasteiger partial charge in [-0.25, -0.2) is 0 Å². The van der Waals surface area contributed by atoms with Gasteiger partial charge in [0.1, 0.15) is 0 Å². The molecular weight excluding hydrogens is 272 g/mol. The number of carbonyl (C=O) groups excluding carboxylic acids is 2. The summed E-state index contributed by atoms with van der Waals surface area (Å²) in [4.78, 5) is 23.7. The second kappa shape index (κ2) is 7.69. The summed E-state index contributed by atoms with van der Waals surface area (Å²) in [5.41, 5.74) is 3.74. The maximum absolute atomic E-state index is 12.3. The normalized spacial score (nSPS) is 10.5. The molecule has 0 saturated carbocycles. The van der Waals surface area contributed by atoms with Gasteiger partial charge in [0.2, 0.25) is 0 Å². The standard InChI is InChI=1S/C20H22O2/c1-3-6-16-7-4-8-17(13-16)11-12-20(22)19-10-5-9-18(14-19)15(2)21/h4-5,7-10,13-14H,3,6,11-12H2,1-2H3. The summed E-state index contributed by atoms with van der Waals surface area (Å²) in [6, 6.07) is 15.4.